The van der Waals surface area contributed by atoms with E-state index in [0.717, 1.165) is 49.8 Å². The molecule has 98 valence electrons. The Hall–Kier alpha value is -1.58. The minimum absolute atomic E-state index is 0.343. The molecule has 0 amide bonds. The van der Waals surface area contributed by atoms with Gasteiger partial charge in [-0.25, -0.2) is 9.78 Å². The molecule has 1 aromatic rings. The van der Waals surface area contributed by atoms with Gasteiger partial charge in [-0.15, -0.1) is 0 Å². The topological polar surface area (TPSA) is 53.4 Å². The molecule has 0 radical (unpaired) electrons. The van der Waals surface area contributed by atoms with Crippen molar-refractivity contribution < 1.29 is 9.90 Å². The van der Waals surface area contributed by atoms with Crippen molar-refractivity contribution in [3.63, 3.8) is 0 Å². The van der Waals surface area contributed by atoms with Crippen LogP contribution in [-0.2, 0) is 6.42 Å². The van der Waals surface area contributed by atoms with Gasteiger partial charge in [-0.2, -0.15) is 0 Å². The Kier molecular flexibility index (Phi) is 3.84. The van der Waals surface area contributed by atoms with Crippen molar-refractivity contribution in [2.45, 2.75) is 33.1 Å². The van der Waals surface area contributed by atoms with Gasteiger partial charge in [0.05, 0.1) is 5.56 Å². The number of rotatable bonds is 3. The van der Waals surface area contributed by atoms with Gasteiger partial charge < -0.3 is 10.0 Å². The largest absolute Gasteiger partial charge is 0.478 e. The van der Waals surface area contributed by atoms with Gasteiger partial charge in [-0.05, 0) is 37.3 Å². The van der Waals surface area contributed by atoms with Crippen molar-refractivity contribution in [3.8, 4) is 0 Å². The summed E-state index contributed by atoms with van der Waals surface area (Å²) in [6.45, 7) is 6.20. The van der Waals surface area contributed by atoms with Gasteiger partial charge >= 0.3 is 5.97 Å². The molecule has 4 heteroatoms. The summed E-state index contributed by atoms with van der Waals surface area (Å²) in [7, 11) is 0. The quantitative estimate of drug-likeness (QED) is 0.893. The zero-order valence-corrected chi connectivity index (χ0v) is 11.0. The number of aromatic carboxylic acids is 1. The number of pyridine rings is 1. The average molecular weight is 248 g/mol. The second kappa shape index (κ2) is 5.38. The highest BCUT2D eigenvalue weighted by Crippen LogP contribution is 2.23. The molecule has 1 fully saturated rings. The number of carboxylic acids is 1. The van der Waals surface area contributed by atoms with Gasteiger partial charge in [0.25, 0.3) is 0 Å². The third-order valence-electron chi connectivity index (χ3n) is 3.58. The fraction of sp³-hybridized carbons (Fsp3) is 0.571. The monoisotopic (exact) mass is 248 g/mol. The first kappa shape index (κ1) is 12.9. The number of piperidine rings is 1. The lowest BCUT2D eigenvalue weighted by Gasteiger charge is -2.31. The first-order chi connectivity index (χ1) is 8.60. The highest BCUT2D eigenvalue weighted by atomic mass is 16.4. The maximum atomic E-state index is 11.1. The minimum atomic E-state index is -0.876. The Morgan fingerprint density at radius 2 is 2.11 bits per heavy atom. The lowest BCUT2D eigenvalue weighted by molar-refractivity contribution is 0.0696. The molecule has 0 saturated carbocycles. The van der Waals surface area contributed by atoms with E-state index in [2.05, 4.69) is 16.8 Å². The van der Waals surface area contributed by atoms with Crippen LogP contribution in [-0.4, -0.2) is 29.1 Å². The maximum absolute atomic E-state index is 11.1. The first-order valence-electron chi connectivity index (χ1n) is 6.59. The van der Waals surface area contributed by atoms with Crippen LogP contribution in [0.5, 0.6) is 0 Å². The van der Waals surface area contributed by atoms with Crippen LogP contribution in [0.15, 0.2) is 12.1 Å². The molecular formula is C14H20N2O2. The minimum Gasteiger partial charge on any atom is -0.478 e. The lowest BCUT2D eigenvalue weighted by atomic mass is 9.99. The van der Waals surface area contributed by atoms with Crippen LogP contribution in [0.25, 0.3) is 0 Å². The molecule has 2 rings (SSSR count). The number of aromatic nitrogens is 1. The second-order valence-electron chi connectivity index (χ2n) is 5.03. The van der Waals surface area contributed by atoms with E-state index >= 15 is 0 Å². The fourth-order valence-corrected chi connectivity index (χ4v) is 2.28. The molecule has 18 heavy (non-hydrogen) atoms. The van der Waals surface area contributed by atoms with Crippen molar-refractivity contribution in [1.29, 1.82) is 0 Å². The van der Waals surface area contributed by atoms with E-state index in [1.807, 2.05) is 6.92 Å². The highest BCUT2D eigenvalue weighted by molar-refractivity contribution is 5.88. The molecule has 0 aromatic carbocycles. The van der Waals surface area contributed by atoms with E-state index in [9.17, 15) is 4.79 Å². The van der Waals surface area contributed by atoms with Crippen molar-refractivity contribution in [1.82, 2.24) is 4.98 Å². The summed E-state index contributed by atoms with van der Waals surface area (Å²) in [5.41, 5.74) is 1.19. The molecule has 0 unspecified atom stereocenters. The molecule has 1 aliphatic rings. The predicted octanol–water partition coefficient (Wildman–Crippen LogP) is 2.58. The van der Waals surface area contributed by atoms with Crippen molar-refractivity contribution in [3.05, 3.63) is 23.4 Å². The van der Waals surface area contributed by atoms with Crippen molar-refractivity contribution in [2.75, 3.05) is 18.0 Å². The van der Waals surface area contributed by atoms with Crippen LogP contribution < -0.4 is 4.90 Å². The predicted molar refractivity (Wildman–Crippen MR) is 71.2 cm³/mol. The summed E-state index contributed by atoms with van der Waals surface area (Å²) >= 11 is 0. The number of carboxylic acid groups (broad SMARTS) is 1. The van der Waals surface area contributed by atoms with E-state index in [0.29, 0.717) is 5.56 Å². The van der Waals surface area contributed by atoms with Crippen LogP contribution in [0.2, 0.25) is 0 Å². The molecular weight excluding hydrogens is 228 g/mol. The van der Waals surface area contributed by atoms with Crippen LogP contribution in [0.1, 0.15) is 42.7 Å². The van der Waals surface area contributed by atoms with E-state index in [4.69, 9.17) is 5.11 Å². The Bertz CT molecular complexity index is 437. The van der Waals surface area contributed by atoms with Gasteiger partial charge in [0.2, 0.25) is 0 Å². The molecule has 0 atom stereocenters. The lowest BCUT2D eigenvalue weighted by Crippen LogP contribution is -2.33. The third kappa shape index (κ3) is 2.81. The fourth-order valence-electron chi connectivity index (χ4n) is 2.28. The normalized spacial score (nSPS) is 16.9. The molecule has 1 aliphatic heterocycles. The first-order valence-corrected chi connectivity index (χ1v) is 6.59. The van der Waals surface area contributed by atoms with E-state index in [1.54, 1.807) is 12.1 Å². The van der Waals surface area contributed by atoms with Crippen LogP contribution in [0.3, 0.4) is 0 Å². The van der Waals surface area contributed by atoms with Crippen molar-refractivity contribution >= 4 is 11.8 Å². The number of hydrogen-bond donors (Lipinski definition) is 1. The van der Waals surface area contributed by atoms with E-state index in [-0.39, 0.29) is 0 Å². The number of aryl methyl sites for hydroxylation is 1. The molecule has 1 saturated heterocycles. The number of anilines is 1. The number of carbonyl (C=O) groups is 1. The Labute approximate surface area is 108 Å². The van der Waals surface area contributed by atoms with Crippen molar-refractivity contribution in [2.24, 2.45) is 5.92 Å². The molecule has 0 bridgehead atoms. The SMILES string of the molecule is CCc1cc(C(=O)O)cc(N2CCC(C)CC2)n1. The maximum Gasteiger partial charge on any atom is 0.335 e. The molecule has 1 N–H and O–H groups in total. The second-order valence-corrected chi connectivity index (χ2v) is 5.03. The van der Waals surface area contributed by atoms with E-state index < -0.39 is 5.97 Å². The molecule has 2 heterocycles. The Morgan fingerprint density at radius 1 is 1.44 bits per heavy atom. The van der Waals surface area contributed by atoms with Crippen LogP contribution in [0.4, 0.5) is 5.82 Å². The highest BCUT2D eigenvalue weighted by Gasteiger charge is 2.18. The van der Waals surface area contributed by atoms with Gasteiger partial charge in [-0.3, -0.25) is 0 Å². The summed E-state index contributed by atoms with van der Waals surface area (Å²) in [5.74, 6) is 0.701. The summed E-state index contributed by atoms with van der Waals surface area (Å²) in [4.78, 5) is 17.9. The Balaban J connectivity index is 2.26. The molecule has 0 aliphatic carbocycles. The van der Waals surface area contributed by atoms with E-state index in [1.165, 1.54) is 0 Å². The standard InChI is InChI=1S/C14H20N2O2/c1-3-12-8-11(14(17)18)9-13(15-12)16-6-4-10(2)5-7-16/h8-10H,3-7H2,1-2H3,(H,17,18). The average Bonchev–Trinajstić information content (AvgIpc) is 2.39. The zero-order valence-electron chi connectivity index (χ0n) is 11.0. The number of hydrogen-bond acceptors (Lipinski definition) is 3. The third-order valence-corrected chi connectivity index (χ3v) is 3.58. The molecule has 4 nitrogen and oxygen atoms in total. The summed E-state index contributed by atoms with van der Waals surface area (Å²) in [6.07, 6.45) is 3.07. The summed E-state index contributed by atoms with van der Waals surface area (Å²) in [5, 5.41) is 9.12. The Morgan fingerprint density at radius 3 is 2.67 bits per heavy atom. The van der Waals surface area contributed by atoms with Gasteiger partial charge in [0, 0.05) is 18.8 Å². The molecule has 1 aromatic heterocycles. The van der Waals surface area contributed by atoms with Gasteiger partial charge in [-0.1, -0.05) is 13.8 Å². The number of nitrogens with zero attached hydrogens (tertiary/aromatic N) is 2. The van der Waals surface area contributed by atoms with Crippen LogP contribution in [0, 0.1) is 5.92 Å². The van der Waals surface area contributed by atoms with Gasteiger partial charge in [0.15, 0.2) is 0 Å². The summed E-state index contributed by atoms with van der Waals surface area (Å²) in [6, 6.07) is 3.36. The zero-order chi connectivity index (χ0) is 13.1. The smallest absolute Gasteiger partial charge is 0.335 e. The van der Waals surface area contributed by atoms with Crippen LogP contribution >= 0.6 is 0 Å². The molecule has 0 spiro atoms. The summed E-state index contributed by atoms with van der Waals surface area (Å²) < 4.78 is 0. The van der Waals surface area contributed by atoms with Gasteiger partial charge in [0.1, 0.15) is 5.82 Å².